The maximum Gasteiger partial charge on any atom is 0.411 e. The molecule has 35 heavy (non-hydrogen) atoms. The van der Waals surface area contributed by atoms with Gasteiger partial charge in [0.15, 0.2) is 17.0 Å². The number of nitrogens with zero attached hydrogens (tertiary/aromatic N) is 7. The molecule has 4 heterocycles. The predicted octanol–water partition coefficient (Wildman–Crippen LogP) is 1.39. The molecule has 2 unspecified atom stereocenters. The molecule has 0 aromatic carbocycles. The summed E-state index contributed by atoms with van der Waals surface area (Å²) in [5.41, 5.74) is 3.42. The van der Waals surface area contributed by atoms with E-state index >= 15 is 0 Å². The Hall–Kier alpha value is -3.87. The fraction of sp³-hybridized carbons (Fsp3) is 0.500. The fourth-order valence-corrected chi connectivity index (χ4v) is 4.07. The zero-order valence-corrected chi connectivity index (χ0v) is 20.4. The minimum atomic E-state index is -0.779. The molecule has 0 spiro atoms. The molecule has 0 saturated carbocycles. The molecule has 186 valence electrons. The van der Waals surface area contributed by atoms with Crippen molar-refractivity contribution in [3.05, 3.63) is 24.5 Å². The van der Waals surface area contributed by atoms with Gasteiger partial charge in [0, 0.05) is 31.5 Å². The Kier molecular flexibility index (Phi) is 6.52. The smallest absolute Gasteiger partial charge is 0.411 e. The van der Waals surface area contributed by atoms with E-state index in [1.807, 2.05) is 18.4 Å². The number of nitrogens with one attached hydrogen (secondary N) is 2. The standard InChI is InChI=1S/C22H30N10O3/c1-6-31-18(13-8-24-12(2)25-9-13)29-16-17(26-11-27-19(16)31)28-14-7-15(20(33)30-23)32(10-14)21(34)35-22(3,4)5/h8-9,11,14-15H,6-7,10,23H2,1-5H3,(H,30,33)(H,26,27,28). The van der Waals surface area contributed by atoms with Gasteiger partial charge in [-0.3, -0.25) is 15.1 Å². The van der Waals surface area contributed by atoms with Crippen LogP contribution in [-0.4, -0.2) is 70.6 Å². The molecule has 4 rings (SSSR count). The SMILES string of the molecule is CCn1c(-c2cnc(C)nc2)nc2c(NC3CC(C(=O)NN)N(C(=O)OC(C)(C)C)C3)ncnc21. The van der Waals surface area contributed by atoms with Gasteiger partial charge in [-0.15, -0.1) is 0 Å². The van der Waals surface area contributed by atoms with Crippen LogP contribution >= 0.6 is 0 Å². The summed E-state index contributed by atoms with van der Waals surface area (Å²) in [4.78, 5) is 48.7. The van der Waals surface area contributed by atoms with E-state index in [0.29, 0.717) is 41.6 Å². The fourth-order valence-electron chi connectivity index (χ4n) is 4.07. The highest BCUT2D eigenvalue weighted by atomic mass is 16.6. The Labute approximate surface area is 202 Å². The van der Waals surface area contributed by atoms with Crippen LogP contribution in [0.1, 0.15) is 39.9 Å². The van der Waals surface area contributed by atoms with Crippen LogP contribution in [0.15, 0.2) is 18.7 Å². The topological polar surface area (TPSA) is 166 Å². The normalized spacial score (nSPS) is 18.1. The molecule has 0 bridgehead atoms. The van der Waals surface area contributed by atoms with E-state index in [0.717, 1.165) is 5.56 Å². The van der Waals surface area contributed by atoms with E-state index < -0.39 is 23.6 Å². The monoisotopic (exact) mass is 482 g/mol. The molecule has 2 atom stereocenters. The molecule has 0 aliphatic carbocycles. The van der Waals surface area contributed by atoms with Gasteiger partial charge in [-0.1, -0.05) is 0 Å². The summed E-state index contributed by atoms with van der Waals surface area (Å²) in [6, 6.07) is -1.07. The summed E-state index contributed by atoms with van der Waals surface area (Å²) in [6.07, 6.45) is 4.64. The zero-order valence-electron chi connectivity index (χ0n) is 20.4. The van der Waals surface area contributed by atoms with Crippen LogP contribution in [0.25, 0.3) is 22.6 Å². The predicted molar refractivity (Wildman–Crippen MR) is 128 cm³/mol. The third-order valence-electron chi connectivity index (χ3n) is 5.60. The number of rotatable bonds is 5. The van der Waals surface area contributed by atoms with Crippen LogP contribution in [-0.2, 0) is 16.1 Å². The Morgan fingerprint density at radius 1 is 1.20 bits per heavy atom. The highest BCUT2D eigenvalue weighted by molar-refractivity contribution is 5.88. The first kappa shape index (κ1) is 24.3. The van der Waals surface area contributed by atoms with Crippen molar-refractivity contribution in [1.82, 2.24) is 39.8 Å². The van der Waals surface area contributed by atoms with Gasteiger partial charge in [-0.25, -0.2) is 35.6 Å². The second kappa shape index (κ2) is 9.41. The van der Waals surface area contributed by atoms with E-state index in [-0.39, 0.29) is 12.6 Å². The maximum atomic E-state index is 12.8. The molecular weight excluding hydrogens is 452 g/mol. The summed E-state index contributed by atoms with van der Waals surface area (Å²) in [7, 11) is 0. The van der Waals surface area contributed by atoms with Crippen molar-refractivity contribution in [3.63, 3.8) is 0 Å². The molecule has 1 fully saturated rings. The number of aromatic nitrogens is 6. The number of hydrazine groups is 1. The number of fused-ring (bicyclic) bond motifs is 1. The van der Waals surface area contributed by atoms with Gasteiger partial charge in [0.1, 0.15) is 29.6 Å². The van der Waals surface area contributed by atoms with Gasteiger partial charge in [0.25, 0.3) is 5.91 Å². The van der Waals surface area contributed by atoms with Crippen molar-refractivity contribution in [2.45, 2.75) is 65.3 Å². The number of anilines is 1. The molecule has 13 nitrogen and oxygen atoms in total. The minimum Gasteiger partial charge on any atom is -0.444 e. The number of hydrogen-bond donors (Lipinski definition) is 3. The average molecular weight is 483 g/mol. The number of amides is 2. The van der Waals surface area contributed by atoms with Crippen molar-refractivity contribution >= 4 is 29.0 Å². The third kappa shape index (κ3) is 4.99. The van der Waals surface area contributed by atoms with E-state index in [9.17, 15) is 9.59 Å². The zero-order chi connectivity index (χ0) is 25.3. The minimum absolute atomic E-state index is 0.228. The lowest BCUT2D eigenvalue weighted by Gasteiger charge is -2.27. The summed E-state index contributed by atoms with van der Waals surface area (Å²) in [6.45, 7) is 9.99. The van der Waals surface area contributed by atoms with Crippen molar-refractivity contribution in [2.24, 2.45) is 5.84 Å². The van der Waals surface area contributed by atoms with E-state index in [1.165, 1.54) is 11.2 Å². The van der Waals surface area contributed by atoms with E-state index in [4.69, 9.17) is 15.6 Å². The second-order valence-corrected chi connectivity index (χ2v) is 9.33. The lowest BCUT2D eigenvalue weighted by atomic mass is 10.1. The van der Waals surface area contributed by atoms with Gasteiger partial charge >= 0.3 is 6.09 Å². The van der Waals surface area contributed by atoms with Crippen LogP contribution in [0.2, 0.25) is 0 Å². The van der Waals surface area contributed by atoms with Gasteiger partial charge in [-0.2, -0.15) is 0 Å². The Bertz CT molecular complexity index is 1230. The largest absolute Gasteiger partial charge is 0.444 e. The molecular formula is C22H30N10O3. The molecule has 1 saturated heterocycles. The van der Waals surface area contributed by atoms with Gasteiger partial charge in [0.2, 0.25) is 0 Å². The molecule has 3 aromatic rings. The highest BCUT2D eigenvalue weighted by Crippen LogP contribution is 2.29. The van der Waals surface area contributed by atoms with Crippen LogP contribution in [0, 0.1) is 6.92 Å². The van der Waals surface area contributed by atoms with Crippen LogP contribution in [0.3, 0.4) is 0 Å². The van der Waals surface area contributed by atoms with E-state index in [2.05, 4.69) is 30.7 Å². The van der Waals surface area contributed by atoms with Crippen molar-refractivity contribution in [1.29, 1.82) is 0 Å². The second-order valence-electron chi connectivity index (χ2n) is 9.33. The lowest BCUT2D eigenvalue weighted by molar-refractivity contribution is -0.125. The summed E-state index contributed by atoms with van der Waals surface area (Å²) in [5.74, 6) is 6.75. The summed E-state index contributed by atoms with van der Waals surface area (Å²) >= 11 is 0. The van der Waals surface area contributed by atoms with Crippen molar-refractivity contribution in [3.8, 4) is 11.4 Å². The first-order valence-corrected chi connectivity index (χ1v) is 11.4. The first-order valence-electron chi connectivity index (χ1n) is 11.4. The van der Waals surface area contributed by atoms with Gasteiger partial charge < -0.3 is 14.6 Å². The number of nitrogens with two attached hydrogens (primary N) is 1. The number of carbonyl (C=O) groups is 2. The van der Waals surface area contributed by atoms with Gasteiger partial charge in [-0.05, 0) is 41.0 Å². The number of aryl methyl sites for hydroxylation is 2. The maximum absolute atomic E-state index is 12.8. The number of carbonyl (C=O) groups excluding carboxylic acids is 2. The number of ether oxygens (including phenoxy) is 1. The Balaban J connectivity index is 1.64. The molecule has 1 aliphatic rings. The summed E-state index contributed by atoms with van der Waals surface area (Å²) in [5, 5.41) is 3.34. The average Bonchev–Trinajstić information content (AvgIpc) is 3.40. The Morgan fingerprint density at radius 2 is 1.91 bits per heavy atom. The number of likely N-dealkylation sites (tertiary alicyclic amines) is 1. The molecule has 2 amide bonds. The molecule has 3 aromatic heterocycles. The van der Waals surface area contributed by atoms with Gasteiger partial charge in [0.05, 0.1) is 5.56 Å². The van der Waals surface area contributed by atoms with Crippen LogP contribution in [0.5, 0.6) is 0 Å². The van der Waals surface area contributed by atoms with Crippen LogP contribution in [0.4, 0.5) is 10.6 Å². The van der Waals surface area contributed by atoms with E-state index in [1.54, 1.807) is 33.2 Å². The lowest BCUT2D eigenvalue weighted by Crippen LogP contribution is -2.49. The number of imidazole rings is 1. The van der Waals surface area contributed by atoms with Crippen LogP contribution < -0.4 is 16.6 Å². The summed E-state index contributed by atoms with van der Waals surface area (Å²) < 4.78 is 7.45. The first-order chi connectivity index (χ1) is 16.6. The Morgan fingerprint density at radius 3 is 2.54 bits per heavy atom. The molecule has 1 aliphatic heterocycles. The van der Waals surface area contributed by atoms with Crippen molar-refractivity contribution < 1.29 is 14.3 Å². The third-order valence-corrected chi connectivity index (χ3v) is 5.60. The van der Waals surface area contributed by atoms with Crippen molar-refractivity contribution in [2.75, 3.05) is 11.9 Å². The molecule has 13 heteroatoms. The highest BCUT2D eigenvalue weighted by Gasteiger charge is 2.41. The molecule has 4 N–H and O–H groups in total. The number of hydrogen-bond acceptors (Lipinski definition) is 10. The molecule has 0 radical (unpaired) electrons. The quantitative estimate of drug-likeness (QED) is 0.275.